The number of nitrogens with one attached hydrogen (secondary N) is 2. The van der Waals surface area contributed by atoms with Crippen LogP contribution in [0.3, 0.4) is 0 Å². The maximum Gasteiger partial charge on any atom is 0.259 e. The minimum absolute atomic E-state index is 0.191. The van der Waals surface area contributed by atoms with Crippen molar-refractivity contribution in [3.8, 4) is 5.75 Å². The summed E-state index contributed by atoms with van der Waals surface area (Å²) in [6.07, 6.45) is 1.67. The van der Waals surface area contributed by atoms with Crippen molar-refractivity contribution in [2.24, 2.45) is 0 Å². The molecule has 7 heteroatoms. The van der Waals surface area contributed by atoms with E-state index in [0.29, 0.717) is 29.1 Å². The lowest BCUT2D eigenvalue weighted by Gasteiger charge is -2.12. The number of carbonyl (C=O) groups is 2. The van der Waals surface area contributed by atoms with E-state index >= 15 is 0 Å². The molecule has 2 amide bonds. The molecule has 0 unspecified atom stereocenters. The van der Waals surface area contributed by atoms with Gasteiger partial charge in [-0.2, -0.15) is 0 Å². The van der Waals surface area contributed by atoms with Crippen molar-refractivity contribution in [2.75, 3.05) is 5.32 Å². The van der Waals surface area contributed by atoms with E-state index in [4.69, 9.17) is 4.74 Å². The second-order valence-corrected chi connectivity index (χ2v) is 7.45. The van der Waals surface area contributed by atoms with Crippen molar-refractivity contribution in [1.29, 1.82) is 0 Å². The number of nitrogens with zero attached hydrogens (tertiary/aromatic N) is 1. The number of halogens is 1. The molecule has 0 aliphatic rings. The van der Waals surface area contributed by atoms with Crippen LogP contribution in [-0.4, -0.2) is 16.8 Å². The molecule has 170 valence electrons. The number of aromatic nitrogens is 1. The monoisotopic (exact) mass is 455 g/mol. The maximum absolute atomic E-state index is 13.1. The summed E-state index contributed by atoms with van der Waals surface area (Å²) < 4.78 is 18.9. The van der Waals surface area contributed by atoms with Gasteiger partial charge in [-0.15, -0.1) is 0 Å². The summed E-state index contributed by atoms with van der Waals surface area (Å²) in [5.74, 6) is -0.574. The molecule has 0 radical (unpaired) electrons. The molecule has 0 atom stereocenters. The minimum Gasteiger partial charge on any atom is -0.488 e. The first-order valence-electron chi connectivity index (χ1n) is 10.6. The van der Waals surface area contributed by atoms with E-state index in [1.54, 1.807) is 66.9 Å². The van der Waals surface area contributed by atoms with Gasteiger partial charge in [-0.05, 0) is 60.2 Å². The number of benzene rings is 3. The lowest BCUT2D eigenvalue weighted by atomic mass is 10.1. The largest absolute Gasteiger partial charge is 0.488 e. The van der Waals surface area contributed by atoms with Crippen molar-refractivity contribution in [3.05, 3.63) is 125 Å². The zero-order chi connectivity index (χ0) is 23.8. The van der Waals surface area contributed by atoms with Crippen molar-refractivity contribution < 1.29 is 18.7 Å². The highest BCUT2D eigenvalue weighted by atomic mass is 19.1. The van der Waals surface area contributed by atoms with Crippen LogP contribution in [0.1, 0.15) is 32.0 Å². The van der Waals surface area contributed by atoms with Crippen LogP contribution in [0.2, 0.25) is 0 Å². The number of para-hydroxylation sites is 1. The van der Waals surface area contributed by atoms with E-state index in [1.807, 2.05) is 18.2 Å². The van der Waals surface area contributed by atoms with Crippen LogP contribution in [0.25, 0.3) is 0 Å². The zero-order valence-corrected chi connectivity index (χ0v) is 18.2. The van der Waals surface area contributed by atoms with Gasteiger partial charge in [0.25, 0.3) is 11.8 Å². The quantitative estimate of drug-likeness (QED) is 0.393. The molecule has 4 aromatic rings. The summed E-state index contributed by atoms with van der Waals surface area (Å²) in [5.41, 5.74) is 2.76. The molecule has 3 aromatic carbocycles. The Morgan fingerprint density at radius 2 is 1.65 bits per heavy atom. The molecule has 2 N–H and O–H groups in total. The second-order valence-electron chi connectivity index (χ2n) is 7.45. The molecule has 0 aliphatic carbocycles. The molecular formula is C27H22FN3O3. The smallest absolute Gasteiger partial charge is 0.259 e. The lowest BCUT2D eigenvalue weighted by Crippen LogP contribution is -2.23. The number of hydrogen-bond donors (Lipinski definition) is 2. The van der Waals surface area contributed by atoms with Gasteiger partial charge in [0.1, 0.15) is 18.2 Å². The molecule has 34 heavy (non-hydrogen) atoms. The van der Waals surface area contributed by atoms with Gasteiger partial charge in [-0.25, -0.2) is 4.39 Å². The molecular weight excluding hydrogens is 433 g/mol. The van der Waals surface area contributed by atoms with Gasteiger partial charge >= 0.3 is 0 Å². The van der Waals surface area contributed by atoms with E-state index in [9.17, 15) is 14.0 Å². The number of pyridine rings is 1. The highest BCUT2D eigenvalue weighted by Gasteiger charge is 2.14. The van der Waals surface area contributed by atoms with E-state index in [0.717, 1.165) is 11.3 Å². The topological polar surface area (TPSA) is 80.3 Å². The molecule has 0 saturated carbocycles. The summed E-state index contributed by atoms with van der Waals surface area (Å²) in [7, 11) is 0. The Hall–Kier alpha value is -4.52. The Balaban J connectivity index is 1.41. The first-order valence-corrected chi connectivity index (χ1v) is 10.6. The SMILES string of the molecule is O=C(NCc1ccccn1)c1cccc(NC(=O)c2ccccc2OCc2ccc(F)cc2)c1. The molecule has 0 fully saturated rings. The van der Waals surface area contributed by atoms with E-state index in [2.05, 4.69) is 15.6 Å². The third kappa shape index (κ3) is 6.04. The first kappa shape index (κ1) is 22.7. The van der Waals surface area contributed by atoms with Gasteiger partial charge in [0.15, 0.2) is 0 Å². The maximum atomic E-state index is 13.1. The summed E-state index contributed by atoms with van der Waals surface area (Å²) in [6, 6.07) is 25.0. The Labute approximate surface area is 196 Å². The van der Waals surface area contributed by atoms with Crippen molar-refractivity contribution in [1.82, 2.24) is 10.3 Å². The van der Waals surface area contributed by atoms with Crippen LogP contribution in [0.4, 0.5) is 10.1 Å². The van der Waals surface area contributed by atoms with Gasteiger partial charge < -0.3 is 15.4 Å². The third-order valence-electron chi connectivity index (χ3n) is 4.98. The number of anilines is 1. The predicted molar refractivity (Wildman–Crippen MR) is 127 cm³/mol. The van der Waals surface area contributed by atoms with Gasteiger partial charge in [0.05, 0.1) is 17.8 Å². The predicted octanol–water partition coefficient (Wildman–Crippen LogP) is 4.98. The number of rotatable bonds is 8. The third-order valence-corrected chi connectivity index (χ3v) is 4.98. The average molecular weight is 455 g/mol. The molecule has 4 rings (SSSR count). The fraction of sp³-hybridized carbons (Fsp3) is 0.0741. The number of amides is 2. The second kappa shape index (κ2) is 10.9. The fourth-order valence-corrected chi connectivity index (χ4v) is 3.23. The summed E-state index contributed by atoms with van der Waals surface area (Å²) in [5, 5.41) is 5.63. The van der Waals surface area contributed by atoms with Crippen LogP contribution in [0.15, 0.2) is 97.2 Å². The number of carbonyl (C=O) groups excluding carboxylic acids is 2. The van der Waals surface area contributed by atoms with Crippen molar-refractivity contribution >= 4 is 17.5 Å². The van der Waals surface area contributed by atoms with Crippen LogP contribution in [0.5, 0.6) is 5.75 Å². The van der Waals surface area contributed by atoms with Gasteiger partial charge in [0.2, 0.25) is 0 Å². The van der Waals surface area contributed by atoms with Crippen LogP contribution >= 0.6 is 0 Å². The van der Waals surface area contributed by atoms with Crippen LogP contribution < -0.4 is 15.4 Å². The Bertz CT molecular complexity index is 1280. The average Bonchev–Trinajstić information content (AvgIpc) is 2.88. The molecule has 0 aliphatic heterocycles. The Kier molecular flexibility index (Phi) is 7.25. The Morgan fingerprint density at radius 3 is 2.44 bits per heavy atom. The first-order chi connectivity index (χ1) is 16.6. The van der Waals surface area contributed by atoms with E-state index in [1.165, 1.54) is 12.1 Å². The van der Waals surface area contributed by atoms with Gasteiger partial charge in [-0.3, -0.25) is 14.6 Å². The molecule has 1 heterocycles. The standard InChI is InChI=1S/C27H22FN3O3/c28-21-13-11-19(12-14-21)18-34-25-10-2-1-9-24(25)27(33)31-22-8-5-6-20(16-22)26(32)30-17-23-7-3-4-15-29-23/h1-16H,17-18H2,(H,30,32)(H,31,33). The fourth-order valence-electron chi connectivity index (χ4n) is 3.23. The summed E-state index contributed by atoms with van der Waals surface area (Å²) >= 11 is 0. The minimum atomic E-state index is -0.374. The molecule has 0 saturated heterocycles. The molecule has 1 aromatic heterocycles. The lowest BCUT2D eigenvalue weighted by molar-refractivity contribution is 0.0949. The zero-order valence-electron chi connectivity index (χ0n) is 18.2. The molecule has 0 bridgehead atoms. The number of ether oxygens (including phenoxy) is 1. The van der Waals surface area contributed by atoms with Gasteiger partial charge in [0, 0.05) is 17.4 Å². The van der Waals surface area contributed by atoms with Crippen molar-refractivity contribution in [2.45, 2.75) is 13.2 Å². The van der Waals surface area contributed by atoms with E-state index < -0.39 is 0 Å². The van der Waals surface area contributed by atoms with Crippen LogP contribution in [-0.2, 0) is 13.2 Å². The van der Waals surface area contributed by atoms with Crippen molar-refractivity contribution in [3.63, 3.8) is 0 Å². The van der Waals surface area contributed by atoms with E-state index in [-0.39, 0.29) is 24.2 Å². The normalized spacial score (nSPS) is 10.4. The highest BCUT2D eigenvalue weighted by Crippen LogP contribution is 2.21. The number of hydrogen-bond acceptors (Lipinski definition) is 4. The highest BCUT2D eigenvalue weighted by molar-refractivity contribution is 6.06. The van der Waals surface area contributed by atoms with Gasteiger partial charge in [-0.1, -0.05) is 36.4 Å². The molecule has 0 spiro atoms. The summed E-state index contributed by atoms with van der Waals surface area (Å²) in [6.45, 7) is 0.492. The van der Waals surface area contributed by atoms with Crippen LogP contribution in [0, 0.1) is 5.82 Å². The summed E-state index contributed by atoms with van der Waals surface area (Å²) in [4.78, 5) is 29.6. The molecule has 6 nitrogen and oxygen atoms in total. The Morgan fingerprint density at radius 1 is 0.853 bits per heavy atom.